The van der Waals surface area contributed by atoms with Crippen LogP contribution in [0.1, 0.15) is 0 Å². The summed E-state index contributed by atoms with van der Waals surface area (Å²) in [5.74, 6) is 0. The molecule has 0 amide bonds. The van der Waals surface area contributed by atoms with Crippen LogP contribution in [-0.4, -0.2) is 37.3 Å². The minimum atomic E-state index is -1.75. The SMILES string of the molecule is COC1C=C(C=O)C=CC1(OC)[N+](=O)[O-]. The third-order valence-electron chi connectivity index (χ3n) is 2.27. The predicted octanol–water partition coefficient (Wildman–Crippen LogP) is 0.316. The van der Waals surface area contributed by atoms with Crippen molar-refractivity contribution in [1.82, 2.24) is 0 Å². The molecule has 2 atom stereocenters. The first-order valence-corrected chi connectivity index (χ1v) is 4.19. The number of hydrogen-bond acceptors (Lipinski definition) is 5. The molecule has 1 aliphatic rings. The zero-order valence-corrected chi connectivity index (χ0v) is 8.38. The molecule has 0 fully saturated rings. The first kappa shape index (κ1) is 11.5. The van der Waals surface area contributed by atoms with E-state index in [1.54, 1.807) is 0 Å². The van der Waals surface area contributed by atoms with Gasteiger partial charge in [-0.1, -0.05) is 0 Å². The molecule has 0 N–H and O–H groups in total. The van der Waals surface area contributed by atoms with Crippen LogP contribution in [0.2, 0.25) is 0 Å². The zero-order chi connectivity index (χ0) is 11.5. The molecule has 6 nitrogen and oxygen atoms in total. The standard InChI is InChI=1S/C9H11NO5/c1-14-8-5-7(6-11)3-4-9(8,15-2)10(12)13/h3-6,8H,1-2H3. The molecule has 2 unspecified atom stereocenters. The smallest absolute Gasteiger partial charge is 0.367 e. The van der Waals surface area contributed by atoms with Crippen LogP contribution in [-0.2, 0) is 14.3 Å². The number of ether oxygens (including phenoxy) is 2. The van der Waals surface area contributed by atoms with E-state index in [1.807, 2.05) is 0 Å². The average Bonchev–Trinajstić information content (AvgIpc) is 2.27. The number of rotatable bonds is 4. The van der Waals surface area contributed by atoms with Crippen molar-refractivity contribution >= 4 is 6.29 Å². The number of carbonyl (C=O) groups is 1. The fourth-order valence-electron chi connectivity index (χ4n) is 1.40. The van der Waals surface area contributed by atoms with Gasteiger partial charge in [-0.15, -0.1) is 0 Å². The van der Waals surface area contributed by atoms with E-state index in [4.69, 9.17) is 9.47 Å². The largest absolute Gasteiger partial charge is 0.374 e. The van der Waals surface area contributed by atoms with Gasteiger partial charge in [0.1, 0.15) is 6.29 Å². The monoisotopic (exact) mass is 213 g/mol. The van der Waals surface area contributed by atoms with E-state index < -0.39 is 16.8 Å². The van der Waals surface area contributed by atoms with Crippen LogP contribution in [0.4, 0.5) is 0 Å². The maximum absolute atomic E-state index is 10.9. The van der Waals surface area contributed by atoms with Crippen LogP contribution in [0.3, 0.4) is 0 Å². The zero-order valence-electron chi connectivity index (χ0n) is 8.38. The molecular weight excluding hydrogens is 202 g/mol. The third kappa shape index (κ3) is 1.81. The first-order chi connectivity index (χ1) is 7.10. The summed E-state index contributed by atoms with van der Waals surface area (Å²) in [7, 11) is 2.54. The molecule has 0 heterocycles. The molecule has 0 bridgehead atoms. The van der Waals surface area contributed by atoms with E-state index in [0.717, 1.165) is 0 Å². The molecule has 15 heavy (non-hydrogen) atoms. The fraction of sp³-hybridized carbons (Fsp3) is 0.444. The molecule has 0 radical (unpaired) electrons. The van der Waals surface area contributed by atoms with Crippen LogP contribution < -0.4 is 0 Å². The molecule has 0 aromatic heterocycles. The summed E-state index contributed by atoms with van der Waals surface area (Å²) in [6, 6.07) is 0. The highest BCUT2D eigenvalue weighted by atomic mass is 16.7. The molecule has 0 aromatic rings. The Balaban J connectivity index is 3.12. The fourth-order valence-corrected chi connectivity index (χ4v) is 1.40. The molecule has 1 aliphatic carbocycles. The van der Waals surface area contributed by atoms with Gasteiger partial charge in [0.05, 0.1) is 4.92 Å². The summed E-state index contributed by atoms with van der Waals surface area (Å²) in [5, 5.41) is 10.9. The number of nitrogens with zero attached hydrogens (tertiary/aromatic N) is 1. The van der Waals surface area contributed by atoms with Gasteiger partial charge in [-0.3, -0.25) is 14.9 Å². The van der Waals surface area contributed by atoms with Crippen molar-refractivity contribution < 1.29 is 19.2 Å². The van der Waals surface area contributed by atoms with E-state index in [2.05, 4.69) is 0 Å². The van der Waals surface area contributed by atoms with Gasteiger partial charge < -0.3 is 9.47 Å². The Kier molecular flexibility index (Phi) is 3.33. The topological polar surface area (TPSA) is 78.7 Å². The van der Waals surface area contributed by atoms with Gasteiger partial charge in [-0.2, -0.15) is 0 Å². The minimum absolute atomic E-state index is 0.330. The Labute approximate surface area is 86.3 Å². The first-order valence-electron chi connectivity index (χ1n) is 4.19. The van der Waals surface area contributed by atoms with Gasteiger partial charge in [0.15, 0.2) is 6.10 Å². The Morgan fingerprint density at radius 2 is 2.27 bits per heavy atom. The van der Waals surface area contributed by atoms with E-state index in [1.165, 1.54) is 32.4 Å². The summed E-state index contributed by atoms with van der Waals surface area (Å²) in [5.41, 5.74) is -1.42. The van der Waals surface area contributed by atoms with E-state index in [-0.39, 0.29) is 0 Å². The van der Waals surface area contributed by atoms with Gasteiger partial charge in [0.2, 0.25) is 0 Å². The average molecular weight is 213 g/mol. The van der Waals surface area contributed by atoms with Gasteiger partial charge >= 0.3 is 5.72 Å². The Bertz CT molecular complexity index is 335. The lowest BCUT2D eigenvalue weighted by Crippen LogP contribution is -2.50. The number of methoxy groups -OCH3 is 2. The maximum Gasteiger partial charge on any atom is 0.374 e. The molecule has 0 saturated carbocycles. The van der Waals surface area contributed by atoms with E-state index in [9.17, 15) is 14.9 Å². The summed E-state index contributed by atoms with van der Waals surface area (Å²) >= 11 is 0. The van der Waals surface area contributed by atoms with Crippen molar-refractivity contribution in [2.75, 3.05) is 14.2 Å². The number of aldehydes is 1. The number of carbonyl (C=O) groups excluding carboxylic acids is 1. The highest BCUT2D eigenvalue weighted by Gasteiger charge is 2.50. The summed E-state index contributed by atoms with van der Waals surface area (Å²) in [6.07, 6.45) is 3.60. The molecule has 82 valence electrons. The second-order valence-corrected chi connectivity index (χ2v) is 2.99. The molecular formula is C9H11NO5. The normalized spacial score (nSPS) is 29.7. The Hall–Kier alpha value is -1.53. The second kappa shape index (κ2) is 4.33. The molecule has 0 spiro atoms. The van der Waals surface area contributed by atoms with Crippen molar-refractivity contribution in [1.29, 1.82) is 0 Å². The van der Waals surface area contributed by atoms with Crippen LogP contribution in [0.25, 0.3) is 0 Å². The van der Waals surface area contributed by atoms with E-state index >= 15 is 0 Å². The van der Waals surface area contributed by atoms with Gasteiger partial charge in [0.25, 0.3) is 0 Å². The molecule has 1 rings (SSSR count). The number of allylic oxidation sites excluding steroid dienone is 2. The Morgan fingerprint density at radius 3 is 2.67 bits per heavy atom. The quantitative estimate of drug-likeness (QED) is 0.291. The number of nitro groups is 1. The molecule has 6 heteroatoms. The molecule has 0 aromatic carbocycles. The minimum Gasteiger partial charge on any atom is -0.367 e. The Morgan fingerprint density at radius 1 is 1.60 bits per heavy atom. The van der Waals surface area contributed by atoms with Gasteiger partial charge in [-0.25, -0.2) is 0 Å². The predicted molar refractivity (Wildman–Crippen MR) is 50.8 cm³/mol. The van der Waals surface area contributed by atoms with Crippen LogP contribution >= 0.6 is 0 Å². The van der Waals surface area contributed by atoms with Crippen molar-refractivity contribution in [3.05, 3.63) is 33.9 Å². The lowest BCUT2D eigenvalue weighted by Gasteiger charge is -2.28. The van der Waals surface area contributed by atoms with E-state index in [0.29, 0.717) is 11.9 Å². The van der Waals surface area contributed by atoms with Crippen molar-refractivity contribution in [3.8, 4) is 0 Å². The van der Waals surface area contributed by atoms with Gasteiger partial charge in [-0.05, 0) is 12.2 Å². The lowest BCUT2D eigenvalue weighted by molar-refractivity contribution is -0.621. The van der Waals surface area contributed by atoms with Crippen molar-refractivity contribution in [2.24, 2.45) is 0 Å². The highest BCUT2D eigenvalue weighted by Crippen LogP contribution is 2.27. The maximum atomic E-state index is 10.9. The van der Waals surface area contributed by atoms with Crippen LogP contribution in [0, 0.1) is 10.1 Å². The summed E-state index contributed by atoms with van der Waals surface area (Å²) in [6.45, 7) is 0. The molecule has 0 aliphatic heterocycles. The van der Waals surface area contributed by atoms with Crippen LogP contribution in [0.5, 0.6) is 0 Å². The van der Waals surface area contributed by atoms with Crippen LogP contribution in [0.15, 0.2) is 23.8 Å². The second-order valence-electron chi connectivity index (χ2n) is 2.99. The lowest BCUT2D eigenvalue weighted by atomic mass is 9.97. The van der Waals surface area contributed by atoms with Gasteiger partial charge in [0, 0.05) is 25.9 Å². The number of hydrogen-bond donors (Lipinski definition) is 0. The van der Waals surface area contributed by atoms with Crippen molar-refractivity contribution in [2.45, 2.75) is 11.8 Å². The third-order valence-corrected chi connectivity index (χ3v) is 2.27. The van der Waals surface area contributed by atoms with Crippen molar-refractivity contribution in [3.63, 3.8) is 0 Å². The molecule has 0 saturated heterocycles. The summed E-state index contributed by atoms with van der Waals surface area (Å²) < 4.78 is 9.80. The highest BCUT2D eigenvalue weighted by molar-refractivity contribution is 5.78. The summed E-state index contributed by atoms with van der Waals surface area (Å²) in [4.78, 5) is 20.8.